The van der Waals surface area contributed by atoms with Gasteiger partial charge in [-0.05, 0) is 38.9 Å². The summed E-state index contributed by atoms with van der Waals surface area (Å²) in [4.78, 5) is 18.8. The molecule has 0 radical (unpaired) electrons. The van der Waals surface area contributed by atoms with Crippen molar-refractivity contribution in [3.8, 4) is 0 Å². The number of likely N-dealkylation sites (tertiary alicyclic amines) is 1. The van der Waals surface area contributed by atoms with Crippen LogP contribution in [0.1, 0.15) is 44.9 Å². The zero-order valence-electron chi connectivity index (χ0n) is 11.7. The summed E-state index contributed by atoms with van der Waals surface area (Å²) in [7, 11) is 0. The Morgan fingerprint density at radius 3 is 2.63 bits per heavy atom. The Labute approximate surface area is 119 Å². The maximum absolute atomic E-state index is 12.0. The highest BCUT2D eigenvalue weighted by molar-refractivity contribution is 6.29. The van der Waals surface area contributed by atoms with Crippen LogP contribution in [0.5, 0.6) is 0 Å². The van der Waals surface area contributed by atoms with Gasteiger partial charge in [0, 0.05) is 18.5 Å². The monoisotopic (exact) mass is 283 g/mol. The van der Waals surface area contributed by atoms with Gasteiger partial charge in [-0.15, -0.1) is 0 Å². The van der Waals surface area contributed by atoms with Crippen molar-refractivity contribution in [1.29, 1.82) is 0 Å². The van der Waals surface area contributed by atoms with E-state index in [0.29, 0.717) is 5.15 Å². The SMILES string of the molecule is CC(C)c1nc(Cl)cc(=O)n1CCCN1CCCC1. The number of hydrogen-bond donors (Lipinski definition) is 0. The molecular formula is C14H22ClN3O. The van der Waals surface area contributed by atoms with Crippen molar-refractivity contribution >= 4 is 11.6 Å². The predicted molar refractivity (Wildman–Crippen MR) is 77.9 cm³/mol. The second-order valence-electron chi connectivity index (χ2n) is 5.48. The summed E-state index contributed by atoms with van der Waals surface area (Å²) in [6, 6.07) is 1.41. The van der Waals surface area contributed by atoms with E-state index in [1.54, 1.807) is 4.57 Å². The first-order chi connectivity index (χ1) is 9.08. The Bertz CT molecular complexity index is 478. The zero-order chi connectivity index (χ0) is 13.8. The number of aromatic nitrogens is 2. The number of nitrogens with zero attached hydrogens (tertiary/aromatic N) is 3. The van der Waals surface area contributed by atoms with Crippen molar-refractivity contribution in [3.05, 3.63) is 27.4 Å². The Balaban J connectivity index is 2.04. The van der Waals surface area contributed by atoms with E-state index in [0.717, 1.165) is 25.3 Å². The van der Waals surface area contributed by atoms with Crippen LogP contribution in [0.4, 0.5) is 0 Å². The Morgan fingerprint density at radius 2 is 2.00 bits per heavy atom. The van der Waals surface area contributed by atoms with Crippen LogP contribution in [-0.2, 0) is 6.54 Å². The third-order valence-corrected chi connectivity index (χ3v) is 3.77. The van der Waals surface area contributed by atoms with Crippen molar-refractivity contribution in [2.24, 2.45) is 0 Å². The molecule has 0 bridgehead atoms. The van der Waals surface area contributed by atoms with Crippen LogP contribution in [0.15, 0.2) is 10.9 Å². The van der Waals surface area contributed by atoms with Gasteiger partial charge in [0.2, 0.25) is 0 Å². The Kier molecular flexibility index (Phi) is 4.99. The molecule has 0 saturated carbocycles. The second-order valence-corrected chi connectivity index (χ2v) is 5.87. The number of rotatable bonds is 5. The highest BCUT2D eigenvalue weighted by atomic mass is 35.5. The van der Waals surface area contributed by atoms with Gasteiger partial charge >= 0.3 is 0 Å². The number of hydrogen-bond acceptors (Lipinski definition) is 3. The molecule has 1 aliphatic rings. The fourth-order valence-corrected chi connectivity index (χ4v) is 2.80. The molecular weight excluding hydrogens is 262 g/mol. The molecule has 1 aliphatic heterocycles. The molecule has 2 rings (SSSR count). The summed E-state index contributed by atoms with van der Waals surface area (Å²) in [5, 5.41) is 0.296. The van der Waals surface area contributed by atoms with E-state index in [1.807, 2.05) is 13.8 Å². The largest absolute Gasteiger partial charge is 0.303 e. The quantitative estimate of drug-likeness (QED) is 0.780. The van der Waals surface area contributed by atoms with Crippen LogP contribution in [0.3, 0.4) is 0 Å². The predicted octanol–water partition coefficient (Wildman–Crippen LogP) is 2.51. The minimum atomic E-state index is -0.0369. The first kappa shape index (κ1) is 14.5. The van der Waals surface area contributed by atoms with Gasteiger partial charge in [0.05, 0.1) is 0 Å². The van der Waals surface area contributed by atoms with E-state index in [1.165, 1.54) is 32.0 Å². The van der Waals surface area contributed by atoms with E-state index in [9.17, 15) is 4.79 Å². The molecule has 4 nitrogen and oxygen atoms in total. The summed E-state index contributed by atoms with van der Waals surface area (Å²) < 4.78 is 1.77. The third-order valence-electron chi connectivity index (χ3n) is 3.58. The van der Waals surface area contributed by atoms with Crippen LogP contribution >= 0.6 is 11.6 Å². The third kappa shape index (κ3) is 3.80. The molecule has 0 spiro atoms. The van der Waals surface area contributed by atoms with Crippen LogP contribution in [0, 0.1) is 0 Å². The molecule has 1 aromatic heterocycles. The van der Waals surface area contributed by atoms with Gasteiger partial charge in [-0.1, -0.05) is 25.4 Å². The summed E-state index contributed by atoms with van der Waals surface area (Å²) in [6.07, 6.45) is 3.60. The van der Waals surface area contributed by atoms with Crippen LogP contribution in [0.25, 0.3) is 0 Å². The molecule has 19 heavy (non-hydrogen) atoms. The molecule has 0 unspecified atom stereocenters. The molecule has 0 atom stereocenters. The van der Waals surface area contributed by atoms with Crippen molar-refractivity contribution in [1.82, 2.24) is 14.5 Å². The fourth-order valence-electron chi connectivity index (χ4n) is 2.62. The first-order valence-corrected chi connectivity index (χ1v) is 7.45. The molecule has 5 heteroatoms. The lowest BCUT2D eigenvalue weighted by Crippen LogP contribution is -2.28. The topological polar surface area (TPSA) is 38.1 Å². The van der Waals surface area contributed by atoms with Gasteiger partial charge < -0.3 is 4.90 Å². The lowest BCUT2D eigenvalue weighted by atomic mass is 10.2. The minimum absolute atomic E-state index is 0.0369. The molecule has 0 N–H and O–H groups in total. The normalized spacial score (nSPS) is 16.4. The highest BCUT2D eigenvalue weighted by Crippen LogP contribution is 2.13. The average Bonchev–Trinajstić information content (AvgIpc) is 2.84. The van der Waals surface area contributed by atoms with E-state index < -0.39 is 0 Å². The summed E-state index contributed by atoms with van der Waals surface area (Å²) in [6.45, 7) is 8.26. The smallest absolute Gasteiger partial charge is 0.254 e. The van der Waals surface area contributed by atoms with Crippen molar-refractivity contribution in [2.75, 3.05) is 19.6 Å². The van der Waals surface area contributed by atoms with E-state index in [-0.39, 0.29) is 11.5 Å². The van der Waals surface area contributed by atoms with Gasteiger partial charge in [-0.2, -0.15) is 0 Å². The maximum Gasteiger partial charge on any atom is 0.254 e. The van der Waals surface area contributed by atoms with Crippen molar-refractivity contribution in [3.63, 3.8) is 0 Å². The van der Waals surface area contributed by atoms with Crippen LogP contribution < -0.4 is 5.56 Å². The lowest BCUT2D eigenvalue weighted by molar-refractivity contribution is 0.322. The van der Waals surface area contributed by atoms with Crippen LogP contribution in [-0.4, -0.2) is 34.1 Å². The average molecular weight is 284 g/mol. The molecule has 1 fully saturated rings. The Morgan fingerprint density at radius 1 is 1.32 bits per heavy atom. The van der Waals surface area contributed by atoms with Crippen molar-refractivity contribution in [2.45, 2.75) is 45.6 Å². The summed E-state index contributed by atoms with van der Waals surface area (Å²) in [5.41, 5.74) is -0.0369. The van der Waals surface area contributed by atoms with Gasteiger partial charge in [0.25, 0.3) is 5.56 Å². The second kappa shape index (κ2) is 6.53. The number of halogens is 1. The molecule has 0 aromatic carbocycles. The molecule has 106 valence electrons. The first-order valence-electron chi connectivity index (χ1n) is 7.07. The lowest BCUT2D eigenvalue weighted by Gasteiger charge is -2.17. The minimum Gasteiger partial charge on any atom is -0.303 e. The molecule has 1 saturated heterocycles. The molecule has 2 heterocycles. The standard InChI is InChI=1S/C14H22ClN3O/c1-11(2)14-16-12(15)10-13(19)18(14)9-5-8-17-6-3-4-7-17/h10-11H,3-9H2,1-2H3. The van der Waals surface area contributed by atoms with E-state index >= 15 is 0 Å². The van der Waals surface area contributed by atoms with Gasteiger partial charge in [-0.25, -0.2) is 4.98 Å². The van der Waals surface area contributed by atoms with Crippen molar-refractivity contribution < 1.29 is 0 Å². The summed E-state index contributed by atoms with van der Waals surface area (Å²) in [5.74, 6) is 0.997. The van der Waals surface area contributed by atoms with E-state index in [4.69, 9.17) is 11.6 Å². The van der Waals surface area contributed by atoms with Crippen LogP contribution in [0.2, 0.25) is 5.15 Å². The molecule has 1 aromatic rings. The highest BCUT2D eigenvalue weighted by Gasteiger charge is 2.13. The zero-order valence-corrected chi connectivity index (χ0v) is 12.5. The van der Waals surface area contributed by atoms with E-state index in [2.05, 4.69) is 9.88 Å². The fraction of sp³-hybridized carbons (Fsp3) is 0.714. The maximum atomic E-state index is 12.0. The molecule has 0 aliphatic carbocycles. The molecule has 0 amide bonds. The Hall–Kier alpha value is -0.870. The summed E-state index contributed by atoms with van der Waals surface area (Å²) >= 11 is 5.87. The van der Waals surface area contributed by atoms with Gasteiger partial charge in [0.15, 0.2) is 0 Å². The van der Waals surface area contributed by atoms with Gasteiger partial charge in [0.1, 0.15) is 11.0 Å². The van der Waals surface area contributed by atoms with Gasteiger partial charge in [-0.3, -0.25) is 9.36 Å².